The van der Waals surface area contributed by atoms with Gasteiger partial charge in [0.15, 0.2) is 5.69 Å². The largest absolute Gasteiger partial charge is 0.476 e. The third kappa shape index (κ3) is 5.03. The van der Waals surface area contributed by atoms with E-state index in [1.807, 2.05) is 6.92 Å². The second-order valence-corrected chi connectivity index (χ2v) is 4.94. The molecule has 1 unspecified atom stereocenters. The molecule has 6 nitrogen and oxygen atoms in total. The fraction of sp³-hybridized carbons (Fsp3) is 0.538. The van der Waals surface area contributed by atoms with Crippen molar-refractivity contribution < 1.29 is 14.7 Å². The van der Waals surface area contributed by atoms with E-state index in [1.54, 1.807) is 0 Å². The van der Waals surface area contributed by atoms with Gasteiger partial charge in [0.05, 0.1) is 12.4 Å². The Morgan fingerprint density at radius 2 is 1.74 bits per heavy atom. The predicted octanol–water partition coefficient (Wildman–Crippen LogP) is 1.73. The molecule has 0 saturated heterocycles. The fourth-order valence-electron chi connectivity index (χ4n) is 1.51. The van der Waals surface area contributed by atoms with Gasteiger partial charge < -0.3 is 10.4 Å². The summed E-state index contributed by atoms with van der Waals surface area (Å²) in [4.78, 5) is 29.9. The van der Waals surface area contributed by atoms with Crippen molar-refractivity contribution in [2.75, 3.05) is 0 Å². The van der Waals surface area contributed by atoms with E-state index in [1.165, 1.54) is 6.20 Å². The molecular formula is C13H19N3O3. The zero-order valence-electron chi connectivity index (χ0n) is 11.4. The Kier molecular flexibility index (Phi) is 5.41. The smallest absolute Gasteiger partial charge is 0.356 e. The van der Waals surface area contributed by atoms with Crippen molar-refractivity contribution >= 4 is 11.9 Å². The second kappa shape index (κ2) is 6.82. The lowest BCUT2D eigenvalue weighted by Crippen LogP contribution is -2.33. The highest BCUT2D eigenvalue weighted by molar-refractivity contribution is 5.92. The number of carbonyl (C=O) groups is 2. The Morgan fingerprint density at radius 1 is 1.16 bits per heavy atom. The number of aromatic nitrogens is 2. The molecule has 0 spiro atoms. The van der Waals surface area contributed by atoms with Gasteiger partial charge in [0.2, 0.25) is 0 Å². The maximum absolute atomic E-state index is 11.8. The molecule has 1 aromatic rings. The number of rotatable bonds is 6. The van der Waals surface area contributed by atoms with Crippen LogP contribution in [0.4, 0.5) is 0 Å². The molecule has 0 aromatic carbocycles. The zero-order valence-corrected chi connectivity index (χ0v) is 11.4. The molecule has 0 saturated carbocycles. The molecule has 0 aliphatic rings. The van der Waals surface area contributed by atoms with Gasteiger partial charge in [0.1, 0.15) is 5.69 Å². The van der Waals surface area contributed by atoms with Crippen molar-refractivity contribution in [2.24, 2.45) is 5.92 Å². The van der Waals surface area contributed by atoms with Crippen LogP contribution in [-0.4, -0.2) is 33.0 Å². The molecule has 1 aromatic heterocycles. The summed E-state index contributed by atoms with van der Waals surface area (Å²) in [7, 11) is 0. The van der Waals surface area contributed by atoms with Crippen LogP contribution in [0.15, 0.2) is 12.4 Å². The first kappa shape index (κ1) is 15.1. The fourth-order valence-corrected chi connectivity index (χ4v) is 1.51. The lowest BCUT2D eigenvalue weighted by Gasteiger charge is -2.14. The van der Waals surface area contributed by atoms with Crippen molar-refractivity contribution in [3.63, 3.8) is 0 Å². The van der Waals surface area contributed by atoms with Crippen LogP contribution in [0.1, 0.15) is 54.6 Å². The molecule has 6 heteroatoms. The summed E-state index contributed by atoms with van der Waals surface area (Å²) in [6.45, 7) is 6.19. The lowest BCUT2D eigenvalue weighted by molar-refractivity contribution is 0.0689. The Labute approximate surface area is 112 Å². The van der Waals surface area contributed by atoms with E-state index < -0.39 is 5.97 Å². The normalized spacial score (nSPS) is 12.2. The molecule has 0 fully saturated rings. The highest BCUT2D eigenvalue weighted by Crippen LogP contribution is 2.07. The first-order valence-electron chi connectivity index (χ1n) is 6.26. The number of carbonyl (C=O) groups excluding carboxylic acids is 1. The highest BCUT2D eigenvalue weighted by atomic mass is 16.4. The monoisotopic (exact) mass is 265 g/mol. The van der Waals surface area contributed by atoms with Crippen molar-refractivity contribution in [1.29, 1.82) is 0 Å². The van der Waals surface area contributed by atoms with Gasteiger partial charge in [0.25, 0.3) is 5.91 Å². The van der Waals surface area contributed by atoms with Crippen LogP contribution in [0.25, 0.3) is 0 Å². The first-order chi connectivity index (χ1) is 8.90. The van der Waals surface area contributed by atoms with E-state index in [9.17, 15) is 9.59 Å². The summed E-state index contributed by atoms with van der Waals surface area (Å²) < 4.78 is 0. The van der Waals surface area contributed by atoms with Gasteiger partial charge >= 0.3 is 5.97 Å². The SMILES string of the molecule is CC(C)CCC(C)NC(=O)c1cnc(C(=O)O)cn1. The van der Waals surface area contributed by atoms with Crippen LogP contribution in [0.2, 0.25) is 0 Å². The Balaban J connectivity index is 2.55. The van der Waals surface area contributed by atoms with E-state index in [0.29, 0.717) is 5.92 Å². The van der Waals surface area contributed by atoms with Gasteiger partial charge in [-0.05, 0) is 25.7 Å². The molecule has 1 amide bonds. The third-order valence-electron chi connectivity index (χ3n) is 2.66. The average molecular weight is 265 g/mol. The molecule has 0 aliphatic carbocycles. The van der Waals surface area contributed by atoms with Crippen LogP contribution >= 0.6 is 0 Å². The quantitative estimate of drug-likeness (QED) is 0.817. The maximum Gasteiger partial charge on any atom is 0.356 e. The minimum absolute atomic E-state index is 0.0517. The molecule has 19 heavy (non-hydrogen) atoms. The van der Waals surface area contributed by atoms with Crippen molar-refractivity contribution in [1.82, 2.24) is 15.3 Å². The van der Waals surface area contributed by atoms with E-state index in [-0.39, 0.29) is 23.3 Å². The van der Waals surface area contributed by atoms with Crippen LogP contribution in [0.5, 0.6) is 0 Å². The molecule has 0 bridgehead atoms. The molecule has 0 radical (unpaired) electrons. The minimum Gasteiger partial charge on any atom is -0.476 e. The van der Waals surface area contributed by atoms with Crippen LogP contribution in [-0.2, 0) is 0 Å². The molecule has 1 rings (SSSR count). The van der Waals surface area contributed by atoms with Gasteiger partial charge in [-0.25, -0.2) is 14.8 Å². The summed E-state index contributed by atoms with van der Waals surface area (Å²) >= 11 is 0. The number of nitrogens with one attached hydrogen (secondary N) is 1. The Hall–Kier alpha value is -1.98. The summed E-state index contributed by atoms with van der Waals surface area (Å²) in [6.07, 6.45) is 4.18. The van der Waals surface area contributed by atoms with Crippen molar-refractivity contribution in [2.45, 2.75) is 39.7 Å². The predicted molar refractivity (Wildman–Crippen MR) is 70.0 cm³/mol. The number of carboxylic acids is 1. The number of aromatic carboxylic acids is 1. The maximum atomic E-state index is 11.8. The van der Waals surface area contributed by atoms with Crippen molar-refractivity contribution in [3.05, 3.63) is 23.8 Å². The minimum atomic E-state index is -1.16. The van der Waals surface area contributed by atoms with Gasteiger partial charge in [-0.1, -0.05) is 13.8 Å². The standard InChI is InChI=1S/C13H19N3O3/c1-8(2)4-5-9(3)16-12(17)10-6-15-11(7-14-10)13(18)19/h6-9H,4-5H2,1-3H3,(H,16,17)(H,18,19). The average Bonchev–Trinajstić information content (AvgIpc) is 2.36. The summed E-state index contributed by atoms with van der Waals surface area (Å²) in [5.41, 5.74) is -0.0502. The number of nitrogens with zero attached hydrogens (tertiary/aromatic N) is 2. The molecule has 0 aliphatic heterocycles. The Bertz CT molecular complexity index is 443. The molecule has 104 valence electrons. The van der Waals surface area contributed by atoms with E-state index >= 15 is 0 Å². The summed E-state index contributed by atoms with van der Waals surface area (Å²) in [5.74, 6) is -0.903. The Morgan fingerprint density at radius 3 is 2.21 bits per heavy atom. The third-order valence-corrected chi connectivity index (χ3v) is 2.66. The molecule has 2 N–H and O–H groups in total. The van der Waals surface area contributed by atoms with Gasteiger partial charge in [-0.15, -0.1) is 0 Å². The second-order valence-electron chi connectivity index (χ2n) is 4.94. The van der Waals surface area contributed by atoms with Crippen molar-refractivity contribution in [3.8, 4) is 0 Å². The number of hydrogen-bond acceptors (Lipinski definition) is 4. The number of carboxylic acid groups (broad SMARTS) is 1. The van der Waals surface area contributed by atoms with E-state index in [4.69, 9.17) is 5.11 Å². The zero-order chi connectivity index (χ0) is 14.4. The number of amides is 1. The van der Waals surface area contributed by atoms with Gasteiger partial charge in [-0.2, -0.15) is 0 Å². The highest BCUT2D eigenvalue weighted by Gasteiger charge is 2.13. The lowest BCUT2D eigenvalue weighted by atomic mass is 10.0. The van der Waals surface area contributed by atoms with Gasteiger partial charge in [-0.3, -0.25) is 4.79 Å². The molecule has 1 heterocycles. The van der Waals surface area contributed by atoms with Crippen LogP contribution in [0, 0.1) is 5.92 Å². The van der Waals surface area contributed by atoms with Crippen LogP contribution in [0.3, 0.4) is 0 Å². The topological polar surface area (TPSA) is 92.2 Å². The summed E-state index contributed by atoms with van der Waals surface area (Å²) in [5, 5.41) is 11.5. The first-order valence-corrected chi connectivity index (χ1v) is 6.26. The molecular weight excluding hydrogens is 246 g/mol. The summed E-state index contributed by atoms with van der Waals surface area (Å²) in [6, 6.07) is 0.0517. The van der Waals surface area contributed by atoms with Crippen LogP contribution < -0.4 is 5.32 Å². The van der Waals surface area contributed by atoms with E-state index in [2.05, 4.69) is 29.1 Å². The molecule has 1 atom stereocenters. The van der Waals surface area contributed by atoms with E-state index in [0.717, 1.165) is 19.0 Å². The van der Waals surface area contributed by atoms with Gasteiger partial charge in [0, 0.05) is 6.04 Å². The number of hydrogen-bond donors (Lipinski definition) is 2.